The van der Waals surface area contributed by atoms with Gasteiger partial charge in [0.05, 0.1) is 0 Å². The second-order valence-corrected chi connectivity index (χ2v) is 7.77. The smallest absolute Gasteiger partial charge is 0.268 e. The number of nitrogens with zero attached hydrogens (tertiary/aromatic N) is 1. The topological polar surface area (TPSA) is 60.0 Å². The van der Waals surface area contributed by atoms with Crippen LogP contribution in [0, 0.1) is 10.8 Å². The van der Waals surface area contributed by atoms with E-state index in [1.54, 1.807) is 0 Å². The molecule has 112 valence electrons. The summed E-state index contributed by atoms with van der Waals surface area (Å²) in [5.74, 6) is -0.0319. The van der Waals surface area contributed by atoms with Gasteiger partial charge in [-0.25, -0.2) is 0 Å². The minimum absolute atomic E-state index is 0.0319. The van der Waals surface area contributed by atoms with E-state index in [0.717, 1.165) is 11.0 Å². The number of carbonyl (C=O) groups is 1. The van der Waals surface area contributed by atoms with Crippen molar-refractivity contribution in [1.29, 1.82) is 0 Å². The Bertz CT molecular complexity index is 517. The van der Waals surface area contributed by atoms with E-state index < -0.39 is 0 Å². The second kappa shape index (κ2) is 4.88. The van der Waals surface area contributed by atoms with E-state index in [-0.39, 0.29) is 28.8 Å². The van der Waals surface area contributed by atoms with E-state index in [1.165, 1.54) is 0 Å². The van der Waals surface area contributed by atoms with E-state index in [0.29, 0.717) is 5.69 Å². The van der Waals surface area contributed by atoms with Crippen LogP contribution in [0.5, 0.6) is 0 Å². The van der Waals surface area contributed by atoms with Gasteiger partial charge in [0, 0.05) is 40.1 Å². The Hall–Kier alpha value is -0.810. The van der Waals surface area contributed by atoms with E-state index in [9.17, 15) is 4.79 Å². The molecule has 0 saturated heterocycles. The van der Waals surface area contributed by atoms with Crippen LogP contribution in [0.15, 0.2) is 16.7 Å². The van der Waals surface area contributed by atoms with Crippen LogP contribution in [0.3, 0.4) is 0 Å². The molecule has 5 heteroatoms. The zero-order valence-corrected chi connectivity index (χ0v) is 14.4. The van der Waals surface area contributed by atoms with Crippen LogP contribution in [-0.2, 0) is 6.54 Å². The molecule has 0 aliphatic heterocycles. The van der Waals surface area contributed by atoms with Gasteiger partial charge in [0.1, 0.15) is 5.69 Å². The molecule has 1 heterocycles. The summed E-state index contributed by atoms with van der Waals surface area (Å²) in [7, 11) is 0. The number of rotatable bonds is 3. The number of aryl methyl sites for hydroxylation is 1. The maximum absolute atomic E-state index is 12.5. The molecular formula is C15H24BrN3O. The predicted molar refractivity (Wildman–Crippen MR) is 84.6 cm³/mol. The molecule has 0 bridgehead atoms. The fraction of sp³-hybridized carbons (Fsp3) is 0.667. The van der Waals surface area contributed by atoms with Gasteiger partial charge in [-0.05, 0) is 28.9 Å². The highest BCUT2D eigenvalue weighted by Gasteiger charge is 2.60. The molecule has 1 aliphatic carbocycles. The van der Waals surface area contributed by atoms with Crippen LogP contribution in [0.1, 0.15) is 45.1 Å². The molecule has 0 spiro atoms. The maximum Gasteiger partial charge on any atom is 0.268 e. The molecular weight excluding hydrogens is 318 g/mol. The Morgan fingerprint density at radius 3 is 2.45 bits per heavy atom. The highest BCUT2D eigenvalue weighted by Crippen LogP contribution is 2.52. The molecule has 0 radical (unpaired) electrons. The zero-order valence-electron chi connectivity index (χ0n) is 12.8. The van der Waals surface area contributed by atoms with Gasteiger partial charge in [0.2, 0.25) is 0 Å². The zero-order chi connectivity index (χ0) is 15.3. The van der Waals surface area contributed by atoms with Crippen molar-refractivity contribution in [3.05, 3.63) is 22.4 Å². The van der Waals surface area contributed by atoms with E-state index in [2.05, 4.69) is 48.9 Å². The van der Waals surface area contributed by atoms with Gasteiger partial charge < -0.3 is 15.6 Å². The Balaban J connectivity index is 2.20. The van der Waals surface area contributed by atoms with E-state index in [1.807, 2.05) is 23.8 Å². The minimum Gasteiger partial charge on any atom is -0.347 e. The van der Waals surface area contributed by atoms with E-state index in [4.69, 9.17) is 5.73 Å². The minimum atomic E-state index is -0.0833. The molecule has 2 rings (SSSR count). The SMILES string of the molecule is CCn1cc(Br)cc1C(=O)NC1C(C)(C)C(N)C1(C)C. The summed E-state index contributed by atoms with van der Waals surface area (Å²) < 4.78 is 2.87. The number of hydrogen-bond acceptors (Lipinski definition) is 2. The molecule has 1 fully saturated rings. The molecule has 1 aromatic rings. The quantitative estimate of drug-likeness (QED) is 0.887. The lowest BCUT2D eigenvalue weighted by Gasteiger charge is -2.62. The highest BCUT2D eigenvalue weighted by molar-refractivity contribution is 9.10. The van der Waals surface area contributed by atoms with E-state index >= 15 is 0 Å². The summed E-state index contributed by atoms with van der Waals surface area (Å²) in [6.07, 6.45) is 1.93. The number of carbonyl (C=O) groups excluding carboxylic acids is 1. The third-order valence-corrected chi connectivity index (χ3v) is 5.24. The molecule has 0 aromatic carbocycles. The van der Waals surface area contributed by atoms with Crippen LogP contribution < -0.4 is 11.1 Å². The molecule has 1 amide bonds. The average Bonchev–Trinajstić information content (AvgIpc) is 2.75. The Labute approximate surface area is 129 Å². The van der Waals surface area contributed by atoms with Crippen molar-refractivity contribution in [2.75, 3.05) is 0 Å². The first kappa shape index (κ1) is 15.6. The highest BCUT2D eigenvalue weighted by atomic mass is 79.9. The number of amides is 1. The summed E-state index contributed by atoms with van der Waals surface area (Å²) >= 11 is 3.42. The molecule has 3 N–H and O–H groups in total. The number of nitrogens with one attached hydrogen (secondary N) is 1. The van der Waals surface area contributed by atoms with Crippen LogP contribution in [0.2, 0.25) is 0 Å². The predicted octanol–water partition coefficient (Wildman–Crippen LogP) is 2.76. The van der Waals surface area contributed by atoms with Crippen molar-refractivity contribution in [2.24, 2.45) is 16.6 Å². The molecule has 1 aromatic heterocycles. The van der Waals surface area contributed by atoms with Crippen molar-refractivity contribution in [3.63, 3.8) is 0 Å². The molecule has 0 unspecified atom stereocenters. The standard InChI is InChI=1S/C15H24BrN3O/c1-6-19-8-9(16)7-10(19)11(20)18-13-14(2,3)12(17)15(13,4)5/h7-8,12-13H,6,17H2,1-5H3,(H,18,20). The summed E-state index contributed by atoms with van der Waals surface area (Å²) in [4.78, 5) is 12.5. The van der Waals surface area contributed by atoms with Crippen molar-refractivity contribution in [3.8, 4) is 0 Å². The maximum atomic E-state index is 12.5. The van der Waals surface area contributed by atoms with Gasteiger partial charge in [-0.15, -0.1) is 0 Å². The largest absolute Gasteiger partial charge is 0.347 e. The van der Waals surface area contributed by atoms with Gasteiger partial charge >= 0.3 is 0 Å². The van der Waals surface area contributed by atoms with Crippen molar-refractivity contribution in [2.45, 2.75) is 53.2 Å². The van der Waals surface area contributed by atoms with Crippen LogP contribution in [0.25, 0.3) is 0 Å². The van der Waals surface area contributed by atoms with Crippen LogP contribution in [-0.4, -0.2) is 22.6 Å². The van der Waals surface area contributed by atoms with Gasteiger partial charge in [0.15, 0.2) is 0 Å². The van der Waals surface area contributed by atoms with Crippen LogP contribution in [0.4, 0.5) is 0 Å². The normalized spacial score (nSPS) is 26.9. The third kappa shape index (κ3) is 2.21. The van der Waals surface area contributed by atoms with Crippen molar-refractivity contribution >= 4 is 21.8 Å². The monoisotopic (exact) mass is 341 g/mol. The molecule has 0 atom stereocenters. The molecule has 1 saturated carbocycles. The van der Waals surface area contributed by atoms with Crippen LogP contribution >= 0.6 is 15.9 Å². The van der Waals surface area contributed by atoms with Crippen molar-refractivity contribution in [1.82, 2.24) is 9.88 Å². The van der Waals surface area contributed by atoms with Gasteiger partial charge in [-0.1, -0.05) is 27.7 Å². The number of hydrogen-bond donors (Lipinski definition) is 2. The lowest BCUT2D eigenvalue weighted by atomic mass is 9.48. The average molecular weight is 342 g/mol. The fourth-order valence-corrected chi connectivity index (χ4v) is 4.15. The first-order valence-electron chi connectivity index (χ1n) is 7.04. The fourth-order valence-electron chi connectivity index (χ4n) is 3.68. The number of halogens is 1. The first-order valence-corrected chi connectivity index (χ1v) is 7.83. The summed E-state index contributed by atoms with van der Waals surface area (Å²) in [5, 5.41) is 3.17. The molecule has 4 nitrogen and oxygen atoms in total. The lowest BCUT2D eigenvalue weighted by molar-refractivity contribution is -0.0664. The lowest BCUT2D eigenvalue weighted by Crippen LogP contribution is -2.76. The summed E-state index contributed by atoms with van der Waals surface area (Å²) in [6.45, 7) is 11.2. The number of nitrogens with two attached hydrogens (primary N) is 1. The summed E-state index contributed by atoms with van der Waals surface area (Å²) in [5.41, 5.74) is 6.75. The first-order chi connectivity index (χ1) is 9.12. The number of aromatic nitrogens is 1. The Kier molecular flexibility index (Phi) is 3.80. The van der Waals surface area contributed by atoms with Gasteiger partial charge in [0.25, 0.3) is 5.91 Å². The molecule has 1 aliphatic rings. The Morgan fingerprint density at radius 1 is 1.40 bits per heavy atom. The van der Waals surface area contributed by atoms with Gasteiger partial charge in [-0.3, -0.25) is 4.79 Å². The third-order valence-electron chi connectivity index (χ3n) is 4.80. The Morgan fingerprint density at radius 2 is 1.95 bits per heavy atom. The van der Waals surface area contributed by atoms with Gasteiger partial charge in [-0.2, -0.15) is 0 Å². The molecule has 20 heavy (non-hydrogen) atoms. The summed E-state index contributed by atoms with van der Waals surface area (Å²) in [6, 6.07) is 2.03. The van der Waals surface area contributed by atoms with Crippen molar-refractivity contribution < 1.29 is 4.79 Å². The second-order valence-electron chi connectivity index (χ2n) is 6.86.